The Kier molecular flexibility index (Phi) is 14.4. The molecule has 0 amide bonds. The van der Waals surface area contributed by atoms with Crippen LogP contribution in [0.1, 0.15) is 112 Å². The summed E-state index contributed by atoms with van der Waals surface area (Å²) in [6.07, 6.45) is 18.3. The van der Waals surface area contributed by atoms with Gasteiger partial charge in [-0.05, 0) is 36.8 Å². The Morgan fingerprint density at radius 1 is 0.868 bits per heavy atom. The molecule has 3 rings (SSSR count). The average Bonchev–Trinajstić information content (AvgIpc) is 3.32. The zero-order chi connectivity index (χ0) is 26.8. The Balaban J connectivity index is 1.27. The van der Waals surface area contributed by atoms with Crippen molar-refractivity contribution in [3.05, 3.63) is 58.1 Å². The van der Waals surface area contributed by atoms with E-state index in [0.717, 1.165) is 28.1 Å². The second-order valence-electron chi connectivity index (χ2n) is 9.87. The van der Waals surface area contributed by atoms with Crippen LogP contribution in [0.15, 0.2) is 52.7 Å². The first-order chi connectivity index (χ1) is 18.7. The highest BCUT2D eigenvalue weighted by Crippen LogP contribution is 2.26. The number of halogens is 1. The van der Waals surface area contributed by atoms with E-state index in [4.69, 9.17) is 16.3 Å². The maximum absolute atomic E-state index is 12.6. The predicted molar refractivity (Wildman–Crippen MR) is 160 cm³/mol. The fourth-order valence-corrected chi connectivity index (χ4v) is 5.49. The molecule has 0 aliphatic heterocycles. The third-order valence-electron chi connectivity index (χ3n) is 6.63. The fourth-order valence-electron chi connectivity index (χ4n) is 4.46. The van der Waals surface area contributed by atoms with Gasteiger partial charge in [-0.15, -0.1) is 11.3 Å². The molecule has 0 atom stereocenters. The van der Waals surface area contributed by atoms with Gasteiger partial charge in [0.1, 0.15) is 11.6 Å². The van der Waals surface area contributed by atoms with Crippen molar-refractivity contribution in [2.45, 2.75) is 103 Å². The lowest BCUT2D eigenvalue weighted by Crippen LogP contribution is -2.06. The van der Waals surface area contributed by atoms with Crippen LogP contribution in [0.5, 0.6) is 0 Å². The van der Waals surface area contributed by atoms with E-state index < -0.39 is 0 Å². The zero-order valence-corrected chi connectivity index (χ0v) is 24.4. The molecule has 7 heteroatoms. The summed E-state index contributed by atoms with van der Waals surface area (Å²) in [6.45, 7) is 3.06. The van der Waals surface area contributed by atoms with Crippen LogP contribution in [0.4, 0.5) is 5.69 Å². The van der Waals surface area contributed by atoms with Gasteiger partial charge in [-0.25, -0.2) is 9.78 Å². The summed E-state index contributed by atoms with van der Waals surface area (Å²) >= 11 is 7.61. The van der Waals surface area contributed by atoms with Crippen molar-refractivity contribution in [2.24, 2.45) is 10.2 Å². The maximum atomic E-state index is 12.6. The first kappa shape index (κ1) is 30.2. The second-order valence-corrected chi connectivity index (χ2v) is 11.4. The van der Waals surface area contributed by atoms with Crippen LogP contribution >= 0.6 is 22.9 Å². The van der Waals surface area contributed by atoms with Crippen LogP contribution in [0.3, 0.4) is 0 Å². The SMILES string of the molecule is CCCCCCCCCCCCCCCCOC(=O)c1ccccc1N=NCc1nc2cc(Cl)ccc2s1. The van der Waals surface area contributed by atoms with Crippen molar-refractivity contribution in [1.29, 1.82) is 0 Å². The van der Waals surface area contributed by atoms with Gasteiger partial charge < -0.3 is 4.74 Å². The number of aromatic nitrogens is 1. The number of azo groups is 1. The lowest BCUT2D eigenvalue weighted by molar-refractivity contribution is 0.0498. The number of rotatable bonds is 19. The first-order valence-corrected chi connectivity index (χ1v) is 15.6. The molecule has 2 aromatic carbocycles. The highest BCUT2D eigenvalue weighted by Gasteiger charge is 2.12. The molecule has 0 saturated carbocycles. The molecule has 0 aliphatic rings. The number of ether oxygens (including phenoxy) is 1. The predicted octanol–water partition coefficient (Wildman–Crippen LogP) is 10.9. The van der Waals surface area contributed by atoms with Crippen molar-refractivity contribution < 1.29 is 9.53 Å². The molecule has 1 heterocycles. The largest absolute Gasteiger partial charge is 0.462 e. The number of fused-ring (bicyclic) bond motifs is 1. The van der Waals surface area contributed by atoms with E-state index in [9.17, 15) is 4.79 Å². The van der Waals surface area contributed by atoms with Crippen molar-refractivity contribution >= 4 is 44.8 Å². The highest BCUT2D eigenvalue weighted by molar-refractivity contribution is 7.18. The number of carbonyl (C=O) groups is 1. The molecular weight excluding hydrogens is 514 g/mol. The van der Waals surface area contributed by atoms with Gasteiger partial charge in [-0.1, -0.05) is 114 Å². The number of nitrogens with zero attached hydrogens (tertiary/aromatic N) is 3. The summed E-state index contributed by atoms with van der Waals surface area (Å²) in [6, 6.07) is 12.8. The quantitative estimate of drug-likeness (QED) is 0.0838. The number of carbonyl (C=O) groups excluding carboxylic acids is 1. The molecule has 5 nitrogen and oxygen atoms in total. The van der Waals surface area contributed by atoms with E-state index in [1.54, 1.807) is 23.5 Å². The van der Waals surface area contributed by atoms with Crippen LogP contribution in [0, 0.1) is 0 Å². The summed E-state index contributed by atoms with van der Waals surface area (Å²) in [5, 5.41) is 10.1. The van der Waals surface area contributed by atoms with Crippen molar-refractivity contribution in [2.75, 3.05) is 6.61 Å². The summed E-state index contributed by atoms with van der Waals surface area (Å²) in [5.74, 6) is -0.344. The normalized spacial score (nSPS) is 11.5. The van der Waals surface area contributed by atoms with Gasteiger partial charge in [0.15, 0.2) is 0 Å². The number of thiazole rings is 1. The third kappa shape index (κ3) is 11.2. The number of unbranched alkanes of at least 4 members (excludes halogenated alkanes) is 13. The first-order valence-electron chi connectivity index (χ1n) is 14.4. The van der Waals surface area contributed by atoms with Gasteiger partial charge in [-0.3, -0.25) is 0 Å². The number of hydrogen-bond acceptors (Lipinski definition) is 6. The molecule has 1 aromatic heterocycles. The smallest absolute Gasteiger partial charge is 0.340 e. The van der Waals surface area contributed by atoms with Crippen molar-refractivity contribution in [3.63, 3.8) is 0 Å². The Morgan fingerprint density at radius 2 is 1.50 bits per heavy atom. The van der Waals surface area contributed by atoms with E-state index in [0.29, 0.717) is 29.4 Å². The molecule has 0 spiro atoms. The van der Waals surface area contributed by atoms with Crippen molar-refractivity contribution in [3.8, 4) is 0 Å². The third-order valence-corrected chi connectivity index (χ3v) is 7.89. The summed E-state index contributed by atoms with van der Waals surface area (Å²) in [5.41, 5.74) is 1.82. The Bertz CT molecular complexity index is 1130. The Morgan fingerprint density at radius 3 is 2.18 bits per heavy atom. The lowest BCUT2D eigenvalue weighted by atomic mass is 10.0. The van der Waals surface area contributed by atoms with Crippen LogP contribution in [-0.2, 0) is 11.3 Å². The molecule has 0 radical (unpaired) electrons. The van der Waals surface area contributed by atoms with Crippen LogP contribution in [0.25, 0.3) is 10.2 Å². The minimum absolute atomic E-state index is 0.344. The van der Waals surface area contributed by atoms with Gasteiger partial charge in [-0.2, -0.15) is 10.2 Å². The summed E-state index contributed by atoms with van der Waals surface area (Å²) < 4.78 is 6.59. The molecule has 0 fully saturated rings. The van der Waals surface area contributed by atoms with Gasteiger partial charge in [0.25, 0.3) is 0 Å². The summed E-state index contributed by atoms with van der Waals surface area (Å²) in [7, 11) is 0. The molecule has 0 saturated heterocycles. The van der Waals surface area contributed by atoms with E-state index in [-0.39, 0.29) is 5.97 Å². The maximum Gasteiger partial charge on any atom is 0.340 e. The van der Waals surface area contributed by atoms with E-state index in [1.807, 2.05) is 30.3 Å². The van der Waals surface area contributed by atoms with E-state index >= 15 is 0 Å². The lowest BCUT2D eigenvalue weighted by Gasteiger charge is -2.07. The van der Waals surface area contributed by atoms with E-state index in [1.165, 1.54) is 77.0 Å². The number of esters is 1. The molecule has 0 bridgehead atoms. The Labute approximate surface area is 237 Å². The number of hydrogen-bond donors (Lipinski definition) is 0. The van der Waals surface area contributed by atoms with Gasteiger partial charge in [0.2, 0.25) is 0 Å². The molecule has 0 N–H and O–H groups in total. The minimum Gasteiger partial charge on any atom is -0.462 e. The monoisotopic (exact) mass is 555 g/mol. The zero-order valence-electron chi connectivity index (χ0n) is 22.8. The van der Waals surface area contributed by atoms with Gasteiger partial charge >= 0.3 is 5.97 Å². The molecule has 0 aliphatic carbocycles. The molecular formula is C31H42ClN3O2S. The standard InChI is InChI=1S/C31H42ClN3O2S/c1-2-3-4-5-6-7-8-9-10-11-12-13-14-17-22-37-31(36)26-18-15-16-19-27(26)35-33-24-30-34-28-23-25(32)20-21-29(28)38-30/h15-16,18-21,23H,2-14,17,22,24H2,1H3. The van der Waals surface area contributed by atoms with Gasteiger partial charge in [0.05, 0.1) is 28.1 Å². The fraction of sp³-hybridized carbons (Fsp3) is 0.548. The van der Waals surface area contributed by atoms with Crippen molar-refractivity contribution in [1.82, 2.24) is 4.98 Å². The molecule has 38 heavy (non-hydrogen) atoms. The average molecular weight is 556 g/mol. The molecule has 0 unspecified atom stereocenters. The molecule has 3 aromatic rings. The van der Waals surface area contributed by atoms with E-state index in [2.05, 4.69) is 22.1 Å². The minimum atomic E-state index is -0.344. The topological polar surface area (TPSA) is 63.9 Å². The molecule has 206 valence electrons. The Hall–Kier alpha value is -2.31. The van der Waals surface area contributed by atoms with Crippen LogP contribution < -0.4 is 0 Å². The second kappa shape index (κ2) is 18.1. The highest BCUT2D eigenvalue weighted by atomic mass is 35.5. The summed E-state index contributed by atoms with van der Waals surface area (Å²) in [4.78, 5) is 17.2. The van der Waals surface area contributed by atoms with Crippen LogP contribution in [0.2, 0.25) is 5.02 Å². The van der Waals surface area contributed by atoms with Crippen LogP contribution in [-0.4, -0.2) is 17.6 Å². The number of benzene rings is 2. The van der Waals surface area contributed by atoms with Gasteiger partial charge in [0, 0.05) is 5.02 Å².